The lowest BCUT2D eigenvalue weighted by atomic mass is 10.0. The lowest BCUT2D eigenvalue weighted by Gasteiger charge is -2.29. The van der Waals surface area contributed by atoms with Crippen LogP contribution in [0.15, 0.2) is 54.6 Å². The van der Waals surface area contributed by atoms with Crippen LogP contribution in [-0.4, -0.2) is 30.0 Å². The number of rotatable bonds is 9. The molecule has 0 bridgehead atoms. The van der Waals surface area contributed by atoms with Crippen molar-refractivity contribution in [3.8, 4) is 5.75 Å². The van der Waals surface area contributed by atoms with Gasteiger partial charge < -0.3 is 4.74 Å². The number of ether oxygens (including phenoxy) is 1. The highest BCUT2D eigenvalue weighted by Gasteiger charge is 2.16. The van der Waals surface area contributed by atoms with Crippen LogP contribution in [0.1, 0.15) is 37.8 Å². The maximum Gasteiger partial charge on any atom is 0.122 e. The molecule has 0 aromatic heterocycles. The normalized spacial score (nSPS) is 12.6. The van der Waals surface area contributed by atoms with Crippen molar-refractivity contribution in [2.45, 2.75) is 39.3 Å². The third-order valence-electron chi connectivity index (χ3n) is 4.24. The fraction of sp³-hybridized carbons (Fsp3) is 0.429. The highest BCUT2D eigenvalue weighted by atomic mass is 35.5. The second-order valence-corrected chi connectivity index (χ2v) is 6.88. The predicted molar refractivity (Wildman–Crippen MR) is 103 cm³/mol. The number of halogens is 1. The number of hydrogen-bond donors (Lipinski definition) is 0. The molecule has 0 fully saturated rings. The van der Waals surface area contributed by atoms with Gasteiger partial charge in [0.2, 0.25) is 0 Å². The van der Waals surface area contributed by atoms with Gasteiger partial charge in [-0.1, -0.05) is 62.4 Å². The molecule has 130 valence electrons. The van der Waals surface area contributed by atoms with Gasteiger partial charge in [0.1, 0.15) is 12.4 Å². The average Bonchev–Trinajstić information content (AvgIpc) is 2.60. The molecule has 2 rings (SSSR count). The third kappa shape index (κ3) is 5.54. The van der Waals surface area contributed by atoms with Gasteiger partial charge in [-0.3, -0.25) is 4.90 Å². The summed E-state index contributed by atoms with van der Waals surface area (Å²) in [4.78, 5) is 2.38. The Morgan fingerprint density at radius 2 is 1.62 bits per heavy atom. The maximum absolute atomic E-state index is 6.14. The standard InChI is InChI=1S/C21H28ClNO/c1-17(2)20-11-7-8-12-21(20)24-16-18(3)23(14-13-22)15-19-9-5-4-6-10-19/h4-12,17-18H,13-16H2,1-3H3. The Morgan fingerprint density at radius 1 is 0.958 bits per heavy atom. The monoisotopic (exact) mass is 345 g/mol. The van der Waals surface area contributed by atoms with Gasteiger partial charge in [-0.05, 0) is 30.0 Å². The summed E-state index contributed by atoms with van der Waals surface area (Å²) in [5, 5.41) is 0. The molecule has 2 nitrogen and oxygen atoms in total. The van der Waals surface area contributed by atoms with E-state index < -0.39 is 0 Å². The van der Waals surface area contributed by atoms with E-state index in [-0.39, 0.29) is 0 Å². The van der Waals surface area contributed by atoms with Crippen LogP contribution in [-0.2, 0) is 6.54 Å². The molecule has 1 atom stereocenters. The van der Waals surface area contributed by atoms with E-state index in [9.17, 15) is 0 Å². The van der Waals surface area contributed by atoms with Crippen molar-refractivity contribution in [3.63, 3.8) is 0 Å². The molecular formula is C21H28ClNO. The molecule has 24 heavy (non-hydrogen) atoms. The summed E-state index contributed by atoms with van der Waals surface area (Å²) < 4.78 is 6.14. The average molecular weight is 346 g/mol. The van der Waals surface area contributed by atoms with Crippen LogP contribution >= 0.6 is 11.6 Å². The first kappa shape index (κ1) is 18.8. The van der Waals surface area contributed by atoms with Gasteiger partial charge in [0, 0.05) is 25.0 Å². The zero-order valence-electron chi connectivity index (χ0n) is 14.9. The van der Waals surface area contributed by atoms with Crippen molar-refractivity contribution in [2.75, 3.05) is 19.0 Å². The van der Waals surface area contributed by atoms with E-state index in [1.807, 2.05) is 12.1 Å². The highest BCUT2D eigenvalue weighted by Crippen LogP contribution is 2.26. The van der Waals surface area contributed by atoms with E-state index in [1.165, 1.54) is 11.1 Å². The smallest absolute Gasteiger partial charge is 0.122 e. The largest absolute Gasteiger partial charge is 0.492 e. The predicted octanol–water partition coefficient (Wildman–Crippen LogP) is 5.32. The summed E-state index contributed by atoms with van der Waals surface area (Å²) in [6.45, 7) is 9.00. The molecule has 1 unspecified atom stereocenters. The Bertz CT molecular complexity index is 600. The van der Waals surface area contributed by atoms with Crippen LogP contribution in [0.2, 0.25) is 0 Å². The topological polar surface area (TPSA) is 12.5 Å². The molecule has 0 saturated heterocycles. The molecule has 0 aliphatic heterocycles. The Morgan fingerprint density at radius 3 is 2.29 bits per heavy atom. The number of nitrogens with zero attached hydrogens (tertiary/aromatic N) is 1. The van der Waals surface area contributed by atoms with Crippen molar-refractivity contribution in [3.05, 3.63) is 65.7 Å². The second kappa shape index (κ2) is 9.71. The van der Waals surface area contributed by atoms with Gasteiger partial charge in [-0.15, -0.1) is 11.6 Å². The van der Waals surface area contributed by atoms with Crippen LogP contribution in [0.3, 0.4) is 0 Å². The summed E-state index contributed by atoms with van der Waals surface area (Å²) in [6, 6.07) is 19.1. The molecule has 0 spiro atoms. The zero-order chi connectivity index (χ0) is 17.4. The lowest BCUT2D eigenvalue weighted by molar-refractivity contribution is 0.145. The van der Waals surface area contributed by atoms with Crippen molar-refractivity contribution >= 4 is 11.6 Å². The molecule has 2 aromatic rings. The Kier molecular flexibility index (Phi) is 7.61. The van der Waals surface area contributed by atoms with E-state index >= 15 is 0 Å². The molecule has 0 radical (unpaired) electrons. The Labute approximate surface area is 151 Å². The molecule has 3 heteroatoms. The minimum atomic E-state index is 0.296. The number of para-hydroxylation sites is 1. The van der Waals surface area contributed by atoms with Crippen LogP contribution in [0, 0.1) is 0 Å². The van der Waals surface area contributed by atoms with E-state index in [0.29, 0.717) is 24.4 Å². The summed E-state index contributed by atoms with van der Waals surface area (Å²) in [5.41, 5.74) is 2.56. The fourth-order valence-electron chi connectivity index (χ4n) is 2.79. The van der Waals surface area contributed by atoms with Crippen molar-refractivity contribution in [1.82, 2.24) is 4.90 Å². The summed E-state index contributed by atoms with van der Waals surface area (Å²) in [5.74, 6) is 2.07. The minimum absolute atomic E-state index is 0.296. The quantitative estimate of drug-likeness (QED) is 0.570. The molecule has 0 aliphatic carbocycles. The van der Waals surface area contributed by atoms with Gasteiger partial charge in [0.05, 0.1) is 0 Å². The van der Waals surface area contributed by atoms with E-state index in [0.717, 1.165) is 18.8 Å². The Hall–Kier alpha value is -1.51. The highest BCUT2D eigenvalue weighted by molar-refractivity contribution is 6.18. The Balaban J connectivity index is 1.99. The van der Waals surface area contributed by atoms with Crippen LogP contribution in [0.4, 0.5) is 0 Å². The van der Waals surface area contributed by atoms with Gasteiger partial charge in [0.15, 0.2) is 0 Å². The van der Waals surface area contributed by atoms with Crippen molar-refractivity contribution < 1.29 is 4.74 Å². The maximum atomic E-state index is 6.14. The van der Waals surface area contributed by atoms with Crippen molar-refractivity contribution in [1.29, 1.82) is 0 Å². The first-order valence-corrected chi connectivity index (χ1v) is 9.21. The fourth-order valence-corrected chi connectivity index (χ4v) is 3.00. The summed E-state index contributed by atoms with van der Waals surface area (Å²) in [7, 11) is 0. The first-order chi connectivity index (χ1) is 11.6. The molecule has 0 amide bonds. The molecule has 0 N–H and O–H groups in total. The van der Waals surface area contributed by atoms with E-state index in [2.05, 4.69) is 68.1 Å². The molecule has 0 heterocycles. The molecule has 2 aromatic carbocycles. The van der Waals surface area contributed by atoms with Crippen LogP contribution in [0.5, 0.6) is 5.75 Å². The van der Waals surface area contributed by atoms with E-state index in [1.54, 1.807) is 0 Å². The molecule has 0 saturated carbocycles. The van der Waals surface area contributed by atoms with Gasteiger partial charge in [-0.25, -0.2) is 0 Å². The molecular weight excluding hydrogens is 318 g/mol. The van der Waals surface area contributed by atoms with E-state index in [4.69, 9.17) is 16.3 Å². The first-order valence-electron chi connectivity index (χ1n) is 8.67. The number of alkyl halides is 1. The van der Waals surface area contributed by atoms with Gasteiger partial charge in [-0.2, -0.15) is 0 Å². The summed E-state index contributed by atoms with van der Waals surface area (Å²) >= 11 is 6.01. The molecule has 0 aliphatic rings. The van der Waals surface area contributed by atoms with Gasteiger partial charge >= 0.3 is 0 Å². The second-order valence-electron chi connectivity index (χ2n) is 6.50. The number of benzene rings is 2. The summed E-state index contributed by atoms with van der Waals surface area (Å²) in [6.07, 6.45) is 0. The minimum Gasteiger partial charge on any atom is -0.492 e. The SMILES string of the molecule is CC(C)c1ccccc1OCC(C)N(CCCl)Cc1ccccc1. The van der Waals surface area contributed by atoms with Crippen molar-refractivity contribution in [2.24, 2.45) is 0 Å². The number of hydrogen-bond acceptors (Lipinski definition) is 2. The zero-order valence-corrected chi connectivity index (χ0v) is 15.7. The lowest BCUT2D eigenvalue weighted by Crippen LogP contribution is -2.38. The van der Waals surface area contributed by atoms with Crippen LogP contribution in [0.25, 0.3) is 0 Å². The third-order valence-corrected chi connectivity index (χ3v) is 4.41. The van der Waals surface area contributed by atoms with Crippen LogP contribution < -0.4 is 4.74 Å². The van der Waals surface area contributed by atoms with Gasteiger partial charge in [0.25, 0.3) is 0 Å².